The third-order valence-electron chi connectivity index (χ3n) is 4.40. The summed E-state index contributed by atoms with van der Waals surface area (Å²) in [6.45, 7) is 1.84. The molecule has 2 aromatic carbocycles. The summed E-state index contributed by atoms with van der Waals surface area (Å²) in [6, 6.07) is 19.8. The predicted octanol–water partition coefficient (Wildman–Crippen LogP) is 4.97. The topological polar surface area (TPSA) is 103 Å². The minimum atomic E-state index is -0.502. The Morgan fingerprint density at radius 2 is 1.61 bits per heavy atom. The van der Waals surface area contributed by atoms with E-state index in [1.54, 1.807) is 43.5 Å². The molecule has 4 rings (SSSR count). The summed E-state index contributed by atoms with van der Waals surface area (Å²) in [5.74, 6) is 2.02. The lowest BCUT2D eigenvalue weighted by molar-refractivity contribution is 0.107. The highest BCUT2D eigenvalue weighted by Gasteiger charge is 2.22. The fraction of sp³-hybridized carbons (Fsp3) is 0.130. The van der Waals surface area contributed by atoms with E-state index in [-0.39, 0.29) is 11.8 Å². The van der Waals surface area contributed by atoms with E-state index in [1.165, 1.54) is 6.33 Å². The molecule has 0 aliphatic carbocycles. The van der Waals surface area contributed by atoms with Crippen LogP contribution in [0.15, 0.2) is 71.5 Å². The van der Waals surface area contributed by atoms with Crippen LogP contribution in [-0.2, 0) is 4.74 Å². The molecule has 1 unspecified atom stereocenters. The average molecular weight is 414 g/mol. The minimum absolute atomic E-state index is 0.249. The van der Waals surface area contributed by atoms with Gasteiger partial charge in [-0.05, 0) is 25.1 Å². The average Bonchev–Trinajstić information content (AvgIpc) is 3.22. The molecular weight excluding hydrogens is 396 g/mol. The highest BCUT2D eigenvalue weighted by atomic mass is 16.5. The van der Waals surface area contributed by atoms with Gasteiger partial charge in [-0.15, -0.1) is 0 Å². The Morgan fingerprint density at radius 1 is 0.935 bits per heavy atom. The third-order valence-corrected chi connectivity index (χ3v) is 4.40. The van der Waals surface area contributed by atoms with E-state index in [0.717, 1.165) is 11.3 Å². The molecule has 0 bridgehead atoms. The van der Waals surface area contributed by atoms with Gasteiger partial charge in [0.05, 0.1) is 17.3 Å². The number of hydrogen-bond acceptors (Lipinski definition) is 8. The number of methoxy groups -OCH3 is 1. The van der Waals surface area contributed by atoms with Gasteiger partial charge in [0.25, 0.3) is 0 Å². The quantitative estimate of drug-likeness (QED) is 0.418. The smallest absolute Gasteiger partial charge is 0.226 e. The molecule has 2 heterocycles. The summed E-state index contributed by atoms with van der Waals surface area (Å²) in [7, 11) is 1.59. The fourth-order valence-corrected chi connectivity index (χ4v) is 3.00. The van der Waals surface area contributed by atoms with Gasteiger partial charge in [-0.2, -0.15) is 5.26 Å². The lowest BCUT2D eigenvalue weighted by atomic mass is 10.1. The molecule has 8 heteroatoms. The van der Waals surface area contributed by atoms with Gasteiger partial charge in [0.1, 0.15) is 30.0 Å². The zero-order chi connectivity index (χ0) is 21.6. The van der Waals surface area contributed by atoms with Crippen molar-refractivity contribution in [3.63, 3.8) is 0 Å². The van der Waals surface area contributed by atoms with Crippen molar-refractivity contribution in [1.82, 2.24) is 15.1 Å². The second-order valence-electron chi connectivity index (χ2n) is 6.53. The van der Waals surface area contributed by atoms with Gasteiger partial charge >= 0.3 is 0 Å². The molecule has 0 spiro atoms. The Labute approximate surface area is 178 Å². The van der Waals surface area contributed by atoms with Gasteiger partial charge in [0, 0.05) is 18.7 Å². The van der Waals surface area contributed by atoms with Crippen LogP contribution in [0.1, 0.15) is 28.7 Å². The van der Waals surface area contributed by atoms with Crippen LogP contribution < -0.4 is 9.47 Å². The first-order valence-corrected chi connectivity index (χ1v) is 9.39. The maximum absolute atomic E-state index is 9.24. The van der Waals surface area contributed by atoms with E-state index < -0.39 is 6.10 Å². The molecular formula is C23H18N4O4. The van der Waals surface area contributed by atoms with Crippen LogP contribution in [0.2, 0.25) is 0 Å². The van der Waals surface area contributed by atoms with E-state index in [9.17, 15) is 5.26 Å². The molecule has 8 nitrogen and oxygen atoms in total. The van der Waals surface area contributed by atoms with Gasteiger partial charge in [0.15, 0.2) is 5.76 Å². The van der Waals surface area contributed by atoms with Crippen molar-refractivity contribution in [2.75, 3.05) is 7.11 Å². The second kappa shape index (κ2) is 9.07. The van der Waals surface area contributed by atoms with Crippen molar-refractivity contribution < 1.29 is 18.7 Å². The van der Waals surface area contributed by atoms with Gasteiger partial charge < -0.3 is 18.7 Å². The number of ether oxygens (including phenoxy) is 3. The molecule has 2 aromatic heterocycles. The molecule has 31 heavy (non-hydrogen) atoms. The SMILES string of the molecule is COC(c1cc(C)no1)c1ccccc1Oc1cc(Oc2ccccc2C#N)ncn1. The maximum atomic E-state index is 9.24. The molecule has 0 aliphatic heterocycles. The number of para-hydroxylation sites is 2. The van der Waals surface area contributed by atoms with E-state index in [1.807, 2.05) is 31.2 Å². The summed E-state index contributed by atoms with van der Waals surface area (Å²) in [5, 5.41) is 13.2. The summed E-state index contributed by atoms with van der Waals surface area (Å²) in [6.07, 6.45) is 0.827. The molecule has 0 fully saturated rings. The Balaban J connectivity index is 1.61. The van der Waals surface area contributed by atoms with Crippen molar-refractivity contribution in [3.8, 4) is 29.3 Å². The molecule has 0 saturated carbocycles. The first-order valence-electron chi connectivity index (χ1n) is 9.39. The van der Waals surface area contributed by atoms with Crippen LogP contribution in [0.5, 0.6) is 23.3 Å². The van der Waals surface area contributed by atoms with Crippen LogP contribution in [0.3, 0.4) is 0 Å². The van der Waals surface area contributed by atoms with Crippen molar-refractivity contribution in [1.29, 1.82) is 5.26 Å². The number of hydrogen-bond donors (Lipinski definition) is 0. The van der Waals surface area contributed by atoms with E-state index in [0.29, 0.717) is 22.8 Å². The Hall–Kier alpha value is -4.22. The largest absolute Gasteiger partial charge is 0.438 e. The summed E-state index contributed by atoms with van der Waals surface area (Å²) in [4.78, 5) is 8.27. The number of rotatable bonds is 7. The van der Waals surface area contributed by atoms with Crippen LogP contribution >= 0.6 is 0 Å². The highest BCUT2D eigenvalue weighted by molar-refractivity contribution is 5.45. The Morgan fingerprint density at radius 3 is 2.29 bits per heavy atom. The molecule has 0 aliphatic rings. The summed E-state index contributed by atoms with van der Waals surface area (Å²) in [5.41, 5.74) is 1.90. The van der Waals surface area contributed by atoms with Gasteiger partial charge in [-0.1, -0.05) is 35.5 Å². The van der Waals surface area contributed by atoms with Crippen LogP contribution in [-0.4, -0.2) is 22.2 Å². The van der Waals surface area contributed by atoms with E-state index >= 15 is 0 Å². The Bertz CT molecular complexity index is 1230. The first-order chi connectivity index (χ1) is 15.2. The third kappa shape index (κ3) is 4.52. The van der Waals surface area contributed by atoms with Crippen molar-refractivity contribution in [3.05, 3.63) is 89.6 Å². The summed E-state index contributed by atoms with van der Waals surface area (Å²) < 4.78 is 22.8. The van der Waals surface area contributed by atoms with Crippen LogP contribution in [0, 0.1) is 18.3 Å². The zero-order valence-corrected chi connectivity index (χ0v) is 16.9. The van der Waals surface area contributed by atoms with Gasteiger partial charge in [-0.25, -0.2) is 9.97 Å². The first kappa shape index (κ1) is 20.1. The van der Waals surface area contributed by atoms with Crippen molar-refractivity contribution >= 4 is 0 Å². The molecule has 0 saturated heterocycles. The molecule has 154 valence electrons. The standard InChI is InChI=1S/C23H18N4O4/c1-15-11-20(31-27-15)23(28-2)17-8-4-6-10-19(17)30-22-12-21(25-14-26-22)29-18-9-5-3-7-16(18)13-24/h3-12,14,23H,1-2H3. The molecule has 0 radical (unpaired) electrons. The summed E-state index contributed by atoms with van der Waals surface area (Å²) >= 11 is 0. The molecule has 0 N–H and O–H groups in total. The molecule has 1 atom stereocenters. The minimum Gasteiger partial charge on any atom is -0.438 e. The number of nitrogens with zero attached hydrogens (tertiary/aromatic N) is 4. The number of aromatic nitrogens is 3. The number of benzene rings is 2. The molecule has 4 aromatic rings. The highest BCUT2D eigenvalue weighted by Crippen LogP contribution is 2.35. The predicted molar refractivity (Wildman–Crippen MR) is 110 cm³/mol. The normalized spacial score (nSPS) is 11.5. The zero-order valence-electron chi connectivity index (χ0n) is 16.9. The van der Waals surface area contributed by atoms with E-state index in [4.69, 9.17) is 18.7 Å². The lowest BCUT2D eigenvalue weighted by Crippen LogP contribution is -2.05. The van der Waals surface area contributed by atoms with Gasteiger partial charge in [0.2, 0.25) is 11.8 Å². The Kier molecular flexibility index (Phi) is 5.87. The number of aryl methyl sites for hydroxylation is 1. The monoisotopic (exact) mass is 414 g/mol. The van der Waals surface area contributed by atoms with Crippen LogP contribution in [0.4, 0.5) is 0 Å². The number of nitriles is 1. The fourth-order valence-electron chi connectivity index (χ4n) is 3.00. The van der Waals surface area contributed by atoms with Crippen LogP contribution in [0.25, 0.3) is 0 Å². The van der Waals surface area contributed by atoms with Crippen molar-refractivity contribution in [2.45, 2.75) is 13.0 Å². The van der Waals surface area contributed by atoms with Gasteiger partial charge in [-0.3, -0.25) is 0 Å². The lowest BCUT2D eigenvalue weighted by Gasteiger charge is -2.16. The van der Waals surface area contributed by atoms with Crippen molar-refractivity contribution in [2.24, 2.45) is 0 Å². The second-order valence-corrected chi connectivity index (χ2v) is 6.53. The van der Waals surface area contributed by atoms with E-state index in [2.05, 4.69) is 21.2 Å². The maximum Gasteiger partial charge on any atom is 0.226 e. The molecule has 0 amide bonds.